The number of ether oxygens (including phenoxy) is 2. The van der Waals surface area contributed by atoms with E-state index in [2.05, 4.69) is 4.98 Å². The molecular weight excluding hydrogens is 353 g/mol. The van der Waals surface area contributed by atoms with Crippen LogP contribution >= 0.6 is 0 Å². The highest BCUT2D eigenvalue weighted by atomic mass is 19.2. The van der Waals surface area contributed by atoms with Crippen molar-refractivity contribution in [1.29, 1.82) is 0 Å². The second kappa shape index (κ2) is 6.87. The van der Waals surface area contributed by atoms with Crippen LogP contribution in [0.1, 0.15) is 5.56 Å². The Morgan fingerprint density at radius 3 is 2.62 bits per heavy atom. The second-order valence-corrected chi connectivity index (χ2v) is 5.23. The predicted molar refractivity (Wildman–Crippen MR) is 85.6 cm³/mol. The first-order chi connectivity index (χ1) is 12.4. The lowest BCUT2D eigenvalue weighted by molar-refractivity contribution is -0.387. The van der Waals surface area contributed by atoms with Crippen LogP contribution in [0.3, 0.4) is 0 Å². The number of hydrogen-bond donors (Lipinski definition) is 0. The highest BCUT2D eigenvalue weighted by molar-refractivity contribution is 5.81. The summed E-state index contributed by atoms with van der Waals surface area (Å²) in [6, 6.07) is 5.73. The predicted octanol–water partition coefficient (Wildman–Crippen LogP) is 4.15. The van der Waals surface area contributed by atoms with E-state index in [1.807, 2.05) is 0 Å². The van der Waals surface area contributed by atoms with E-state index in [1.165, 1.54) is 13.3 Å². The Hall–Kier alpha value is -3.36. The lowest BCUT2D eigenvalue weighted by Crippen LogP contribution is -2.05. The maximum atomic E-state index is 14.2. The molecule has 1 heterocycles. The normalized spacial score (nSPS) is 10.8. The van der Waals surface area contributed by atoms with Crippen LogP contribution in [-0.2, 0) is 6.61 Å². The van der Waals surface area contributed by atoms with Gasteiger partial charge in [0.1, 0.15) is 6.61 Å². The van der Waals surface area contributed by atoms with E-state index in [9.17, 15) is 23.3 Å². The number of halogens is 3. The Labute approximate surface area is 144 Å². The molecule has 0 N–H and O–H groups in total. The number of nitro groups is 1. The average molecular weight is 364 g/mol. The van der Waals surface area contributed by atoms with Gasteiger partial charge in [0, 0.05) is 17.6 Å². The molecule has 6 nitrogen and oxygen atoms in total. The molecule has 0 saturated heterocycles. The fraction of sp³-hybridized carbons (Fsp3) is 0.118. The van der Waals surface area contributed by atoms with Gasteiger partial charge in [-0.1, -0.05) is 6.07 Å². The molecular formula is C17H11F3N2O4. The maximum absolute atomic E-state index is 14.2. The molecule has 1 aromatic heterocycles. The van der Waals surface area contributed by atoms with Gasteiger partial charge in [0.15, 0.2) is 23.1 Å². The summed E-state index contributed by atoms with van der Waals surface area (Å²) in [7, 11) is 1.22. The minimum Gasteiger partial charge on any atom is -0.493 e. The largest absolute Gasteiger partial charge is 0.493 e. The number of nitro benzene ring substituents is 1. The van der Waals surface area contributed by atoms with Crippen molar-refractivity contribution in [2.45, 2.75) is 6.61 Å². The van der Waals surface area contributed by atoms with Crippen molar-refractivity contribution in [3.05, 3.63) is 69.7 Å². The molecule has 0 saturated carbocycles. The number of hydrogen-bond acceptors (Lipinski definition) is 5. The van der Waals surface area contributed by atoms with E-state index in [0.717, 1.165) is 18.2 Å². The average Bonchev–Trinajstić information content (AvgIpc) is 2.62. The van der Waals surface area contributed by atoms with Gasteiger partial charge in [-0.25, -0.2) is 8.78 Å². The van der Waals surface area contributed by atoms with E-state index in [1.54, 1.807) is 12.1 Å². The second-order valence-electron chi connectivity index (χ2n) is 5.23. The van der Waals surface area contributed by atoms with Crippen molar-refractivity contribution in [1.82, 2.24) is 4.98 Å². The molecule has 0 aliphatic rings. The molecule has 134 valence electrons. The number of rotatable bonds is 5. The van der Waals surface area contributed by atoms with Gasteiger partial charge in [0.2, 0.25) is 5.82 Å². The number of fused-ring (bicyclic) bond motifs is 1. The zero-order valence-electron chi connectivity index (χ0n) is 13.3. The van der Waals surface area contributed by atoms with Gasteiger partial charge in [0.25, 0.3) is 0 Å². The molecule has 0 spiro atoms. The van der Waals surface area contributed by atoms with Crippen LogP contribution in [0.5, 0.6) is 11.5 Å². The molecule has 2 aromatic carbocycles. The Morgan fingerprint density at radius 1 is 1.15 bits per heavy atom. The molecule has 3 rings (SSSR count). The van der Waals surface area contributed by atoms with Gasteiger partial charge in [-0.3, -0.25) is 15.1 Å². The smallest absolute Gasteiger partial charge is 0.308 e. The molecule has 0 fully saturated rings. The summed E-state index contributed by atoms with van der Waals surface area (Å²) >= 11 is 0. The summed E-state index contributed by atoms with van der Waals surface area (Å²) in [5, 5.41) is 11.2. The third kappa shape index (κ3) is 3.10. The maximum Gasteiger partial charge on any atom is 0.308 e. The van der Waals surface area contributed by atoms with Gasteiger partial charge in [0.05, 0.1) is 29.2 Å². The van der Waals surface area contributed by atoms with Crippen LogP contribution in [0, 0.1) is 27.6 Å². The van der Waals surface area contributed by atoms with E-state index in [0.29, 0.717) is 5.39 Å². The Bertz CT molecular complexity index is 1010. The van der Waals surface area contributed by atoms with E-state index >= 15 is 0 Å². The standard InChI is InChI=1S/C17H11F3N2O4/c1-25-14-6-11(18)13(22(23)24)7-15(14)26-8-10-16(20)12(19)5-9-3-2-4-21-17(9)10/h2-7H,8H2,1H3. The van der Waals surface area contributed by atoms with Crippen LogP contribution in [0.4, 0.5) is 18.9 Å². The highest BCUT2D eigenvalue weighted by Crippen LogP contribution is 2.35. The lowest BCUT2D eigenvalue weighted by atomic mass is 10.1. The summed E-state index contributed by atoms with van der Waals surface area (Å²) < 4.78 is 51.9. The van der Waals surface area contributed by atoms with Crippen molar-refractivity contribution in [3.63, 3.8) is 0 Å². The Kier molecular flexibility index (Phi) is 4.61. The number of methoxy groups -OCH3 is 1. The third-order valence-corrected chi connectivity index (χ3v) is 3.68. The number of aromatic nitrogens is 1. The Balaban J connectivity index is 2.02. The summed E-state index contributed by atoms with van der Waals surface area (Å²) in [6.07, 6.45) is 1.41. The third-order valence-electron chi connectivity index (χ3n) is 3.68. The van der Waals surface area contributed by atoms with E-state index in [4.69, 9.17) is 9.47 Å². The summed E-state index contributed by atoms with van der Waals surface area (Å²) in [4.78, 5) is 14.0. The number of nitrogens with zero attached hydrogens (tertiary/aromatic N) is 2. The quantitative estimate of drug-likeness (QED) is 0.502. The molecule has 0 aliphatic heterocycles. The van der Waals surface area contributed by atoms with Gasteiger partial charge < -0.3 is 9.47 Å². The number of benzene rings is 2. The Morgan fingerprint density at radius 2 is 1.92 bits per heavy atom. The van der Waals surface area contributed by atoms with Gasteiger partial charge in [-0.15, -0.1) is 0 Å². The van der Waals surface area contributed by atoms with Crippen LogP contribution in [0.25, 0.3) is 10.9 Å². The van der Waals surface area contributed by atoms with Crippen molar-refractivity contribution < 1.29 is 27.6 Å². The number of pyridine rings is 1. The van der Waals surface area contributed by atoms with Gasteiger partial charge in [-0.2, -0.15) is 4.39 Å². The molecule has 0 aliphatic carbocycles. The first-order valence-electron chi connectivity index (χ1n) is 7.28. The van der Waals surface area contributed by atoms with Crippen molar-refractivity contribution in [2.24, 2.45) is 0 Å². The molecule has 26 heavy (non-hydrogen) atoms. The van der Waals surface area contributed by atoms with Gasteiger partial charge >= 0.3 is 5.69 Å². The fourth-order valence-corrected chi connectivity index (χ4v) is 2.45. The van der Waals surface area contributed by atoms with Crippen molar-refractivity contribution in [3.8, 4) is 11.5 Å². The van der Waals surface area contributed by atoms with Crippen LogP contribution in [0.2, 0.25) is 0 Å². The molecule has 0 radical (unpaired) electrons. The van der Waals surface area contributed by atoms with Crippen LogP contribution in [0.15, 0.2) is 36.5 Å². The minimum atomic E-state index is -1.15. The topological polar surface area (TPSA) is 74.5 Å². The minimum absolute atomic E-state index is 0.123. The summed E-state index contributed by atoms with van der Waals surface area (Å²) in [5.41, 5.74) is -0.819. The summed E-state index contributed by atoms with van der Waals surface area (Å²) in [6.45, 7) is -0.490. The molecule has 3 aromatic rings. The first-order valence-corrected chi connectivity index (χ1v) is 7.28. The van der Waals surface area contributed by atoms with Crippen molar-refractivity contribution >= 4 is 16.6 Å². The van der Waals surface area contributed by atoms with Gasteiger partial charge in [-0.05, 0) is 12.1 Å². The summed E-state index contributed by atoms with van der Waals surface area (Å²) in [5.74, 6) is -3.65. The molecule has 0 atom stereocenters. The van der Waals surface area contributed by atoms with E-state index in [-0.39, 0.29) is 22.6 Å². The zero-order chi connectivity index (χ0) is 18.8. The van der Waals surface area contributed by atoms with Crippen LogP contribution < -0.4 is 9.47 Å². The van der Waals surface area contributed by atoms with Crippen molar-refractivity contribution in [2.75, 3.05) is 7.11 Å². The first kappa shape index (κ1) is 17.5. The molecule has 0 unspecified atom stereocenters. The molecule has 9 heteroatoms. The van der Waals surface area contributed by atoms with E-state index < -0.39 is 34.7 Å². The monoisotopic (exact) mass is 364 g/mol. The van der Waals surface area contributed by atoms with Crippen LogP contribution in [-0.4, -0.2) is 17.0 Å². The SMILES string of the molecule is COc1cc(F)c([N+](=O)[O-])cc1OCc1c(F)c(F)cc2cccnc12. The zero-order valence-corrected chi connectivity index (χ0v) is 13.3. The molecule has 0 amide bonds. The highest BCUT2D eigenvalue weighted by Gasteiger charge is 2.21. The fourth-order valence-electron chi connectivity index (χ4n) is 2.45. The molecule has 0 bridgehead atoms. The lowest BCUT2D eigenvalue weighted by Gasteiger charge is -2.13.